The molecule has 1 atom stereocenters. The number of nitrogens with zero attached hydrogens (tertiary/aromatic N) is 2. The predicted molar refractivity (Wildman–Crippen MR) is 97.8 cm³/mol. The Kier molecular flexibility index (Phi) is 6.68. The molecule has 8 heteroatoms. The van der Waals surface area contributed by atoms with Crippen molar-refractivity contribution >= 4 is 51.4 Å². The highest BCUT2D eigenvalue weighted by Gasteiger charge is 2.12. The number of carbonyl (C=O) groups is 1. The number of hydrogen-bond acceptors (Lipinski definition) is 6. The molecular formula is C15H19ClN4OS2. The Morgan fingerprint density at radius 2 is 2.13 bits per heavy atom. The zero-order valence-corrected chi connectivity index (χ0v) is 15.6. The van der Waals surface area contributed by atoms with E-state index in [0.717, 1.165) is 10.0 Å². The van der Waals surface area contributed by atoms with Gasteiger partial charge in [0.1, 0.15) is 0 Å². The first-order valence-electron chi connectivity index (χ1n) is 7.22. The Balaban J connectivity index is 1.84. The van der Waals surface area contributed by atoms with Gasteiger partial charge in [-0.1, -0.05) is 54.6 Å². The summed E-state index contributed by atoms with van der Waals surface area (Å²) in [6, 6.07) is 7.56. The number of hydrogen-bond donors (Lipinski definition) is 2. The van der Waals surface area contributed by atoms with Crippen molar-refractivity contribution in [3.8, 4) is 0 Å². The highest BCUT2D eigenvalue weighted by molar-refractivity contribution is 8.01. The molecular weight excluding hydrogens is 352 g/mol. The first kappa shape index (κ1) is 18.0. The molecule has 5 nitrogen and oxygen atoms in total. The lowest BCUT2D eigenvalue weighted by molar-refractivity contribution is -0.119. The molecule has 0 radical (unpaired) electrons. The predicted octanol–water partition coefficient (Wildman–Crippen LogP) is 4.19. The van der Waals surface area contributed by atoms with Crippen LogP contribution in [0.5, 0.6) is 0 Å². The molecule has 0 aliphatic heterocycles. The lowest BCUT2D eigenvalue weighted by Gasteiger charge is -2.16. The van der Waals surface area contributed by atoms with Crippen LogP contribution in [0.15, 0.2) is 28.6 Å². The smallest absolute Gasteiger partial charge is 0.230 e. The summed E-state index contributed by atoms with van der Waals surface area (Å²) < 4.78 is 0.752. The third-order valence-corrected chi connectivity index (χ3v) is 5.40. The molecule has 23 heavy (non-hydrogen) atoms. The summed E-state index contributed by atoms with van der Waals surface area (Å²) in [5.41, 5.74) is 0.855. The number of aromatic nitrogens is 2. The van der Waals surface area contributed by atoms with E-state index in [0.29, 0.717) is 21.8 Å². The molecule has 2 N–H and O–H groups in total. The van der Waals surface area contributed by atoms with Gasteiger partial charge in [0.15, 0.2) is 4.34 Å². The number of thioether (sulfide) groups is 1. The Hall–Kier alpha value is -1.31. The van der Waals surface area contributed by atoms with Gasteiger partial charge in [-0.2, -0.15) is 0 Å². The van der Waals surface area contributed by atoms with Crippen LogP contribution in [0.2, 0.25) is 5.02 Å². The van der Waals surface area contributed by atoms with E-state index in [1.54, 1.807) is 0 Å². The maximum Gasteiger partial charge on any atom is 0.230 e. The number of benzene rings is 1. The van der Waals surface area contributed by atoms with Gasteiger partial charge in [-0.05, 0) is 31.0 Å². The molecule has 1 heterocycles. The minimum atomic E-state index is 0.00995. The number of nitrogens with one attached hydrogen (secondary N) is 2. The maximum absolute atomic E-state index is 11.9. The topological polar surface area (TPSA) is 66.9 Å². The number of halogens is 1. The second-order valence-corrected chi connectivity index (χ2v) is 8.03. The van der Waals surface area contributed by atoms with E-state index in [-0.39, 0.29) is 11.9 Å². The van der Waals surface area contributed by atoms with E-state index in [1.807, 2.05) is 31.2 Å². The number of anilines is 2. The fourth-order valence-corrected chi connectivity index (χ4v) is 3.37. The largest absolute Gasteiger partial charge is 0.353 e. The van der Waals surface area contributed by atoms with Crippen molar-refractivity contribution in [3.63, 3.8) is 0 Å². The Morgan fingerprint density at radius 3 is 2.83 bits per heavy atom. The minimum Gasteiger partial charge on any atom is -0.353 e. The van der Waals surface area contributed by atoms with E-state index < -0.39 is 0 Å². The molecule has 0 saturated carbocycles. The van der Waals surface area contributed by atoms with E-state index in [9.17, 15) is 4.79 Å². The van der Waals surface area contributed by atoms with Crippen molar-refractivity contribution in [2.75, 3.05) is 11.1 Å². The first-order chi connectivity index (χ1) is 10.9. The summed E-state index contributed by atoms with van der Waals surface area (Å²) >= 11 is 8.73. The molecule has 124 valence electrons. The first-order valence-corrected chi connectivity index (χ1v) is 9.40. The van der Waals surface area contributed by atoms with Gasteiger partial charge >= 0.3 is 0 Å². The SMILES string of the molecule is CC(C)[C@H](C)NC(=O)CSc1nnc(Nc2cccc(Cl)c2)s1. The summed E-state index contributed by atoms with van der Waals surface area (Å²) in [4.78, 5) is 11.9. The van der Waals surface area contributed by atoms with Crippen LogP contribution in [-0.4, -0.2) is 27.9 Å². The van der Waals surface area contributed by atoms with E-state index >= 15 is 0 Å². The molecule has 1 aromatic heterocycles. The number of amides is 1. The normalized spacial score (nSPS) is 12.2. The average Bonchev–Trinajstić information content (AvgIpc) is 2.92. The minimum absolute atomic E-state index is 0.00995. The van der Waals surface area contributed by atoms with Crippen LogP contribution in [0.3, 0.4) is 0 Å². The molecule has 0 aliphatic carbocycles. The highest BCUT2D eigenvalue weighted by Crippen LogP contribution is 2.28. The quantitative estimate of drug-likeness (QED) is 0.715. The van der Waals surface area contributed by atoms with Crippen LogP contribution in [0.1, 0.15) is 20.8 Å². The van der Waals surface area contributed by atoms with Crippen molar-refractivity contribution in [1.82, 2.24) is 15.5 Å². The molecule has 0 unspecified atom stereocenters. The van der Waals surface area contributed by atoms with Crippen LogP contribution >= 0.6 is 34.7 Å². The van der Waals surface area contributed by atoms with Crippen molar-refractivity contribution in [3.05, 3.63) is 29.3 Å². The Bertz CT molecular complexity index is 662. The molecule has 1 amide bonds. The zero-order chi connectivity index (χ0) is 16.8. The van der Waals surface area contributed by atoms with Gasteiger partial charge < -0.3 is 10.6 Å². The second-order valence-electron chi connectivity index (χ2n) is 5.40. The van der Waals surface area contributed by atoms with E-state index in [1.165, 1.54) is 23.1 Å². The molecule has 1 aromatic carbocycles. The van der Waals surface area contributed by atoms with Crippen LogP contribution < -0.4 is 10.6 Å². The summed E-state index contributed by atoms with van der Waals surface area (Å²) in [6.07, 6.45) is 0. The van der Waals surface area contributed by atoms with Crippen molar-refractivity contribution < 1.29 is 4.79 Å². The fraction of sp³-hybridized carbons (Fsp3) is 0.400. The van der Waals surface area contributed by atoms with Gasteiger partial charge in [0.2, 0.25) is 11.0 Å². The molecule has 2 rings (SSSR count). The van der Waals surface area contributed by atoms with Crippen LogP contribution in [-0.2, 0) is 4.79 Å². The van der Waals surface area contributed by atoms with Crippen molar-refractivity contribution in [2.45, 2.75) is 31.2 Å². The molecule has 0 fully saturated rings. The molecule has 2 aromatic rings. The Labute approximate surface area is 149 Å². The van der Waals surface area contributed by atoms with Gasteiger partial charge in [-0.25, -0.2) is 0 Å². The van der Waals surface area contributed by atoms with E-state index in [4.69, 9.17) is 11.6 Å². The van der Waals surface area contributed by atoms with E-state index in [2.05, 4.69) is 34.7 Å². The van der Waals surface area contributed by atoms with Crippen molar-refractivity contribution in [1.29, 1.82) is 0 Å². The fourth-order valence-electron chi connectivity index (χ4n) is 1.60. The van der Waals surface area contributed by atoms with Crippen LogP contribution in [0.25, 0.3) is 0 Å². The summed E-state index contributed by atoms with van der Waals surface area (Å²) in [7, 11) is 0. The second kappa shape index (κ2) is 8.52. The molecule has 0 spiro atoms. The Morgan fingerprint density at radius 1 is 1.35 bits per heavy atom. The summed E-state index contributed by atoms with van der Waals surface area (Å²) in [6.45, 7) is 6.17. The van der Waals surface area contributed by atoms with Crippen LogP contribution in [0.4, 0.5) is 10.8 Å². The standard InChI is InChI=1S/C15H19ClN4OS2/c1-9(2)10(3)17-13(21)8-22-15-20-19-14(23-15)18-12-6-4-5-11(16)7-12/h4-7,9-10H,8H2,1-3H3,(H,17,21)(H,18,19)/t10-/m0/s1. The lowest BCUT2D eigenvalue weighted by atomic mass is 10.1. The average molecular weight is 371 g/mol. The molecule has 0 saturated heterocycles. The van der Waals surface area contributed by atoms with Crippen molar-refractivity contribution in [2.24, 2.45) is 5.92 Å². The lowest BCUT2D eigenvalue weighted by Crippen LogP contribution is -2.37. The third kappa shape index (κ3) is 6.01. The highest BCUT2D eigenvalue weighted by atomic mass is 35.5. The zero-order valence-electron chi connectivity index (χ0n) is 13.2. The molecule has 0 aliphatic rings. The van der Waals surface area contributed by atoms with Gasteiger partial charge in [0.25, 0.3) is 0 Å². The van der Waals surface area contributed by atoms with Gasteiger partial charge in [0.05, 0.1) is 5.75 Å². The third-order valence-electron chi connectivity index (χ3n) is 3.20. The van der Waals surface area contributed by atoms with Gasteiger partial charge in [-0.15, -0.1) is 10.2 Å². The van der Waals surface area contributed by atoms with Crippen LogP contribution in [0, 0.1) is 5.92 Å². The maximum atomic E-state index is 11.9. The van der Waals surface area contributed by atoms with Gasteiger partial charge in [-0.3, -0.25) is 4.79 Å². The summed E-state index contributed by atoms with van der Waals surface area (Å²) in [5, 5.41) is 15.6. The van der Waals surface area contributed by atoms with Gasteiger partial charge in [0, 0.05) is 16.8 Å². The number of rotatable bonds is 7. The summed E-state index contributed by atoms with van der Waals surface area (Å²) in [5.74, 6) is 0.762. The monoisotopic (exact) mass is 370 g/mol. The molecule has 0 bridgehead atoms. The number of carbonyl (C=O) groups excluding carboxylic acids is 1.